The van der Waals surface area contributed by atoms with Crippen LogP contribution in [0.2, 0.25) is 0 Å². The number of carbonyl (C=O) groups is 2. The molecule has 0 aromatic heterocycles. The average Bonchev–Trinajstić information content (AvgIpc) is 2.65. The second-order valence-corrected chi connectivity index (χ2v) is 6.90. The van der Waals surface area contributed by atoms with E-state index in [0.717, 1.165) is 29.7 Å². The van der Waals surface area contributed by atoms with E-state index >= 15 is 0 Å². The first-order valence-corrected chi connectivity index (χ1v) is 9.01. The number of aromatic carboxylic acids is 1. The normalized spacial score (nSPS) is 17.3. The molecule has 2 aromatic carbocycles. The van der Waals surface area contributed by atoms with Crippen LogP contribution in [0.3, 0.4) is 0 Å². The van der Waals surface area contributed by atoms with Crippen molar-refractivity contribution >= 4 is 29.6 Å². The van der Waals surface area contributed by atoms with Gasteiger partial charge in [-0.3, -0.25) is 4.79 Å². The average molecular weight is 361 g/mol. The van der Waals surface area contributed by atoms with Crippen LogP contribution in [0.15, 0.2) is 59.7 Å². The summed E-state index contributed by atoms with van der Waals surface area (Å²) in [6.45, 7) is 0. The summed E-state index contributed by atoms with van der Waals surface area (Å²) in [5.74, 6) is -0.972. The smallest absolute Gasteiger partial charge is 0.336 e. The fourth-order valence-corrected chi connectivity index (χ4v) is 3.25. The van der Waals surface area contributed by atoms with Crippen molar-refractivity contribution in [2.75, 3.05) is 19.0 Å². The lowest BCUT2D eigenvalue weighted by Crippen LogP contribution is -2.12. The number of carboxylic acid groups (broad SMARTS) is 1. The maximum Gasteiger partial charge on any atom is 0.336 e. The van der Waals surface area contributed by atoms with Crippen molar-refractivity contribution in [2.45, 2.75) is 19.3 Å². The van der Waals surface area contributed by atoms with E-state index in [9.17, 15) is 14.7 Å². The quantitative estimate of drug-likeness (QED) is 0.804. The standard InChI is InChI=1S/C23H23NO3/c1-24(2)20-12-10-16(11-13-20)14-18-7-5-8-19(22(18)25)15-17-6-3-4-9-21(17)23(26)27/h3-4,6,9-15H,5,7-8H2,1-2H3,(H,26,27)/b18-14+,19-15+. The Bertz CT molecular complexity index is 921. The van der Waals surface area contributed by atoms with Crippen LogP contribution in [0, 0.1) is 0 Å². The monoisotopic (exact) mass is 361 g/mol. The van der Waals surface area contributed by atoms with Crippen molar-refractivity contribution in [3.8, 4) is 0 Å². The highest BCUT2D eigenvalue weighted by molar-refractivity contribution is 6.14. The van der Waals surface area contributed by atoms with Gasteiger partial charge in [0.1, 0.15) is 0 Å². The Hall–Kier alpha value is -3.14. The van der Waals surface area contributed by atoms with Gasteiger partial charge in [0.15, 0.2) is 5.78 Å². The SMILES string of the molecule is CN(C)c1ccc(/C=C2\CCC/C(=C\c3ccccc3C(=O)O)C2=O)cc1. The van der Waals surface area contributed by atoms with Gasteiger partial charge in [0.05, 0.1) is 5.56 Å². The predicted molar refractivity (Wildman–Crippen MR) is 109 cm³/mol. The van der Waals surface area contributed by atoms with Crippen LogP contribution in [0.1, 0.15) is 40.7 Å². The van der Waals surface area contributed by atoms with Crippen LogP contribution < -0.4 is 4.90 Å². The first kappa shape index (κ1) is 18.6. The number of Topliss-reactive ketones (excluding diaryl/α,β-unsaturated/α-hetero) is 1. The van der Waals surface area contributed by atoms with Gasteiger partial charge in [0.25, 0.3) is 0 Å². The maximum absolute atomic E-state index is 12.9. The zero-order chi connectivity index (χ0) is 19.4. The van der Waals surface area contributed by atoms with E-state index < -0.39 is 5.97 Å². The van der Waals surface area contributed by atoms with E-state index in [2.05, 4.69) is 0 Å². The van der Waals surface area contributed by atoms with E-state index in [1.165, 1.54) is 0 Å². The molecule has 3 rings (SSSR count). The summed E-state index contributed by atoms with van der Waals surface area (Å²) in [5.41, 5.74) is 4.34. The van der Waals surface area contributed by atoms with E-state index in [4.69, 9.17) is 0 Å². The number of allylic oxidation sites excluding steroid dienone is 2. The topological polar surface area (TPSA) is 57.6 Å². The van der Waals surface area contributed by atoms with Crippen molar-refractivity contribution in [3.05, 3.63) is 76.4 Å². The molecule has 0 unspecified atom stereocenters. The summed E-state index contributed by atoms with van der Waals surface area (Å²) in [7, 11) is 3.98. The molecule has 0 saturated heterocycles. The van der Waals surface area contributed by atoms with Crippen molar-refractivity contribution in [1.82, 2.24) is 0 Å². The second kappa shape index (κ2) is 8.04. The second-order valence-electron chi connectivity index (χ2n) is 6.90. The fourth-order valence-electron chi connectivity index (χ4n) is 3.25. The molecular weight excluding hydrogens is 338 g/mol. The molecule has 4 nitrogen and oxygen atoms in total. The van der Waals surface area contributed by atoms with Crippen LogP contribution in [-0.4, -0.2) is 31.0 Å². The highest BCUT2D eigenvalue weighted by atomic mass is 16.4. The number of hydrogen-bond donors (Lipinski definition) is 1. The third kappa shape index (κ3) is 4.34. The minimum absolute atomic E-state index is 0.0122. The Morgan fingerprint density at radius 3 is 2.22 bits per heavy atom. The number of nitrogens with zero attached hydrogens (tertiary/aromatic N) is 1. The summed E-state index contributed by atoms with van der Waals surface area (Å²) in [4.78, 5) is 26.3. The van der Waals surface area contributed by atoms with E-state index in [1.54, 1.807) is 30.3 Å². The predicted octanol–water partition coefficient (Wildman–Crippen LogP) is 4.67. The van der Waals surface area contributed by atoms with Crippen LogP contribution >= 0.6 is 0 Å². The molecule has 0 spiro atoms. The van der Waals surface area contributed by atoms with Crippen LogP contribution in [0.5, 0.6) is 0 Å². The Kier molecular flexibility index (Phi) is 5.55. The molecule has 0 radical (unpaired) electrons. The maximum atomic E-state index is 12.9. The van der Waals surface area contributed by atoms with Gasteiger partial charge in [-0.05, 0) is 60.7 Å². The molecule has 1 saturated carbocycles. The van der Waals surface area contributed by atoms with Gasteiger partial charge in [0.2, 0.25) is 0 Å². The van der Waals surface area contributed by atoms with Crippen molar-refractivity contribution < 1.29 is 14.7 Å². The van der Waals surface area contributed by atoms with E-state index in [1.807, 2.05) is 49.3 Å². The Balaban J connectivity index is 1.89. The van der Waals surface area contributed by atoms with E-state index in [0.29, 0.717) is 17.6 Å². The molecule has 0 aliphatic heterocycles. The molecule has 1 fully saturated rings. The molecule has 0 heterocycles. The van der Waals surface area contributed by atoms with Gasteiger partial charge < -0.3 is 10.0 Å². The lowest BCUT2D eigenvalue weighted by atomic mass is 9.86. The van der Waals surface area contributed by atoms with Crippen LogP contribution in [-0.2, 0) is 4.79 Å². The molecule has 27 heavy (non-hydrogen) atoms. The first-order valence-electron chi connectivity index (χ1n) is 9.01. The minimum Gasteiger partial charge on any atom is -0.478 e. The summed E-state index contributed by atoms with van der Waals surface area (Å²) in [6, 6.07) is 14.8. The van der Waals surface area contributed by atoms with Crippen molar-refractivity contribution in [3.63, 3.8) is 0 Å². The van der Waals surface area contributed by atoms with Crippen LogP contribution in [0.4, 0.5) is 5.69 Å². The highest BCUT2D eigenvalue weighted by Gasteiger charge is 2.21. The number of rotatable bonds is 4. The summed E-state index contributed by atoms with van der Waals surface area (Å²) < 4.78 is 0. The Morgan fingerprint density at radius 1 is 0.963 bits per heavy atom. The summed E-state index contributed by atoms with van der Waals surface area (Å²) in [6.07, 6.45) is 5.97. The third-order valence-electron chi connectivity index (χ3n) is 4.75. The zero-order valence-electron chi connectivity index (χ0n) is 15.6. The highest BCUT2D eigenvalue weighted by Crippen LogP contribution is 2.29. The molecule has 0 amide bonds. The minimum atomic E-state index is -0.984. The Morgan fingerprint density at radius 2 is 1.59 bits per heavy atom. The van der Waals surface area contributed by atoms with Gasteiger partial charge >= 0.3 is 5.97 Å². The molecule has 4 heteroatoms. The lowest BCUT2D eigenvalue weighted by molar-refractivity contribution is -0.112. The molecule has 0 atom stereocenters. The molecular formula is C23H23NO3. The molecule has 0 bridgehead atoms. The van der Waals surface area contributed by atoms with Gasteiger partial charge in [-0.1, -0.05) is 30.3 Å². The van der Waals surface area contributed by atoms with Crippen molar-refractivity contribution in [2.24, 2.45) is 0 Å². The number of anilines is 1. The number of carbonyl (C=O) groups excluding carboxylic acids is 1. The summed E-state index contributed by atoms with van der Waals surface area (Å²) in [5, 5.41) is 9.34. The fraction of sp³-hybridized carbons (Fsp3) is 0.217. The van der Waals surface area contributed by atoms with Gasteiger partial charge in [-0.25, -0.2) is 4.79 Å². The van der Waals surface area contributed by atoms with Crippen LogP contribution in [0.25, 0.3) is 12.2 Å². The molecule has 138 valence electrons. The number of carboxylic acids is 1. The molecule has 1 aliphatic rings. The van der Waals surface area contributed by atoms with Crippen molar-refractivity contribution in [1.29, 1.82) is 0 Å². The number of benzene rings is 2. The van der Waals surface area contributed by atoms with Gasteiger partial charge in [-0.15, -0.1) is 0 Å². The first-order chi connectivity index (χ1) is 13.0. The zero-order valence-corrected chi connectivity index (χ0v) is 15.6. The van der Waals surface area contributed by atoms with Gasteiger partial charge in [-0.2, -0.15) is 0 Å². The Labute approximate surface area is 159 Å². The molecule has 1 aliphatic carbocycles. The van der Waals surface area contributed by atoms with Gasteiger partial charge in [0, 0.05) is 30.9 Å². The number of hydrogen-bond acceptors (Lipinski definition) is 3. The molecule has 1 N–H and O–H groups in total. The van der Waals surface area contributed by atoms with E-state index in [-0.39, 0.29) is 11.3 Å². The lowest BCUT2D eigenvalue weighted by Gasteiger charge is -2.17. The summed E-state index contributed by atoms with van der Waals surface area (Å²) >= 11 is 0. The molecule has 2 aromatic rings. The largest absolute Gasteiger partial charge is 0.478 e. The number of ketones is 1. The third-order valence-corrected chi connectivity index (χ3v) is 4.75.